The zero-order valence-electron chi connectivity index (χ0n) is 24.6. The van der Waals surface area contributed by atoms with Crippen molar-refractivity contribution in [3.8, 4) is 0 Å². The topological polar surface area (TPSA) is 77.5 Å². The van der Waals surface area contributed by atoms with Crippen LogP contribution in [0.25, 0.3) is 0 Å². The van der Waals surface area contributed by atoms with Gasteiger partial charge < -0.3 is 28.1 Å². The molecule has 0 aromatic heterocycles. The standard InChI is InChI=1S/C26H52N2O6Si2/c1-25(2,3)35(7,8)33-21(19-23(29)27-11-15-31-16-12-27)22(34-36(9,10)26(4,5)6)20-24(30)28-13-17-32-18-14-28/h21-22H,11-20H2,1-10H3/t21-,22-/m1/s1. The molecule has 36 heavy (non-hydrogen) atoms. The summed E-state index contributed by atoms with van der Waals surface area (Å²) in [5.74, 6) is 0.0920. The number of carbonyl (C=O) groups excluding carboxylic acids is 2. The molecule has 8 nitrogen and oxygen atoms in total. The molecule has 210 valence electrons. The summed E-state index contributed by atoms with van der Waals surface area (Å²) in [7, 11) is -4.53. The third-order valence-electron chi connectivity index (χ3n) is 8.40. The molecule has 2 fully saturated rings. The Labute approximate surface area is 221 Å². The Morgan fingerprint density at radius 1 is 0.667 bits per heavy atom. The Balaban J connectivity index is 2.39. The second-order valence-electron chi connectivity index (χ2n) is 13.2. The molecular weight excluding hydrogens is 492 g/mol. The molecule has 0 aromatic carbocycles. The first-order valence-corrected chi connectivity index (χ1v) is 19.3. The van der Waals surface area contributed by atoms with Crippen LogP contribution in [-0.2, 0) is 27.9 Å². The molecule has 2 heterocycles. The number of hydrogen-bond donors (Lipinski definition) is 0. The molecule has 2 amide bonds. The van der Waals surface area contributed by atoms with Crippen molar-refractivity contribution >= 4 is 28.4 Å². The number of morpholine rings is 2. The fourth-order valence-electron chi connectivity index (χ4n) is 3.84. The van der Waals surface area contributed by atoms with Crippen molar-refractivity contribution < 1.29 is 27.9 Å². The summed E-state index contributed by atoms with van der Waals surface area (Å²) in [4.78, 5) is 30.6. The molecular formula is C26H52N2O6Si2. The van der Waals surface area contributed by atoms with E-state index < -0.39 is 28.8 Å². The lowest BCUT2D eigenvalue weighted by atomic mass is 10.1. The summed E-state index contributed by atoms with van der Waals surface area (Å²) in [6.45, 7) is 26.6. The van der Waals surface area contributed by atoms with Gasteiger partial charge in [-0.05, 0) is 36.3 Å². The molecule has 2 atom stereocenters. The van der Waals surface area contributed by atoms with Gasteiger partial charge in [-0.2, -0.15) is 0 Å². The summed E-state index contributed by atoms with van der Waals surface area (Å²) in [6, 6.07) is 0. The van der Waals surface area contributed by atoms with E-state index in [1.807, 2.05) is 9.80 Å². The first-order valence-electron chi connectivity index (χ1n) is 13.5. The van der Waals surface area contributed by atoms with Crippen LogP contribution in [-0.4, -0.2) is 103 Å². The summed E-state index contributed by atoms with van der Waals surface area (Å²) >= 11 is 0. The SMILES string of the molecule is CC(C)(C)[Si](C)(C)O[C@H](CC(=O)N1CCOCC1)[C@@H](CC(=O)N1CCOCC1)O[Si](C)(C)C(C)(C)C. The predicted octanol–water partition coefficient (Wildman–Crippen LogP) is 4.27. The van der Waals surface area contributed by atoms with Crippen LogP contribution < -0.4 is 0 Å². The van der Waals surface area contributed by atoms with Crippen molar-refractivity contribution in [2.24, 2.45) is 0 Å². The third-order valence-corrected chi connectivity index (χ3v) is 17.4. The van der Waals surface area contributed by atoms with Gasteiger partial charge >= 0.3 is 0 Å². The van der Waals surface area contributed by atoms with Gasteiger partial charge in [-0.15, -0.1) is 0 Å². The van der Waals surface area contributed by atoms with Crippen LogP contribution in [0.2, 0.25) is 36.3 Å². The van der Waals surface area contributed by atoms with Crippen LogP contribution in [0, 0.1) is 0 Å². The van der Waals surface area contributed by atoms with Crippen LogP contribution in [0.4, 0.5) is 0 Å². The van der Waals surface area contributed by atoms with Gasteiger partial charge in [0.05, 0.1) is 51.5 Å². The van der Waals surface area contributed by atoms with Gasteiger partial charge in [-0.1, -0.05) is 41.5 Å². The van der Waals surface area contributed by atoms with Gasteiger partial charge in [0.15, 0.2) is 16.6 Å². The molecule has 0 N–H and O–H groups in total. The summed E-state index contributed by atoms with van der Waals surface area (Å²) < 4.78 is 24.8. The van der Waals surface area contributed by atoms with Gasteiger partial charge in [0.2, 0.25) is 11.8 Å². The number of hydrogen-bond acceptors (Lipinski definition) is 6. The number of rotatable bonds is 9. The van der Waals surface area contributed by atoms with Crippen molar-refractivity contribution in [3.05, 3.63) is 0 Å². The highest BCUT2D eigenvalue weighted by Gasteiger charge is 2.46. The van der Waals surface area contributed by atoms with Crippen LogP contribution >= 0.6 is 0 Å². The maximum Gasteiger partial charge on any atom is 0.225 e. The Morgan fingerprint density at radius 3 is 1.19 bits per heavy atom. The van der Waals surface area contributed by atoms with Gasteiger partial charge in [0.1, 0.15) is 0 Å². The van der Waals surface area contributed by atoms with Crippen molar-refractivity contribution in [2.45, 2.75) is 103 Å². The lowest BCUT2D eigenvalue weighted by Gasteiger charge is -2.45. The first kappa shape index (κ1) is 31.4. The van der Waals surface area contributed by atoms with E-state index in [4.69, 9.17) is 18.3 Å². The van der Waals surface area contributed by atoms with Crippen LogP contribution in [0.3, 0.4) is 0 Å². The van der Waals surface area contributed by atoms with Gasteiger partial charge in [-0.25, -0.2) is 0 Å². The van der Waals surface area contributed by atoms with E-state index in [9.17, 15) is 9.59 Å². The second kappa shape index (κ2) is 12.4. The highest BCUT2D eigenvalue weighted by Crippen LogP contribution is 2.41. The van der Waals surface area contributed by atoms with E-state index in [-0.39, 0.29) is 34.7 Å². The van der Waals surface area contributed by atoms with E-state index in [0.29, 0.717) is 52.6 Å². The highest BCUT2D eigenvalue weighted by atomic mass is 28.4. The Hall–Kier alpha value is -0.786. The van der Waals surface area contributed by atoms with E-state index in [0.717, 1.165) is 0 Å². The minimum atomic E-state index is -2.26. The van der Waals surface area contributed by atoms with Crippen LogP contribution in [0.15, 0.2) is 0 Å². The number of ether oxygens (including phenoxy) is 2. The molecule has 0 aliphatic carbocycles. The summed E-state index contributed by atoms with van der Waals surface area (Å²) in [5.41, 5.74) is 0. The van der Waals surface area contributed by atoms with E-state index in [1.54, 1.807) is 0 Å². The second-order valence-corrected chi connectivity index (χ2v) is 22.7. The molecule has 0 radical (unpaired) electrons. The normalized spacial score (nSPS) is 20.3. The molecule has 0 saturated carbocycles. The predicted molar refractivity (Wildman–Crippen MR) is 148 cm³/mol. The fraction of sp³-hybridized carbons (Fsp3) is 0.923. The maximum absolute atomic E-state index is 13.4. The zero-order chi connectivity index (χ0) is 27.4. The molecule has 2 saturated heterocycles. The molecule has 0 bridgehead atoms. The third kappa shape index (κ3) is 8.63. The smallest absolute Gasteiger partial charge is 0.225 e. The van der Waals surface area contributed by atoms with Crippen molar-refractivity contribution in [1.29, 1.82) is 0 Å². The lowest BCUT2D eigenvalue weighted by molar-refractivity contribution is -0.142. The van der Waals surface area contributed by atoms with Gasteiger partial charge in [0, 0.05) is 26.2 Å². The summed E-state index contributed by atoms with van der Waals surface area (Å²) in [6.07, 6.45) is -0.551. The molecule has 2 aliphatic heterocycles. The lowest BCUT2D eigenvalue weighted by Crippen LogP contribution is -2.55. The van der Waals surface area contributed by atoms with Gasteiger partial charge in [0.25, 0.3) is 0 Å². The van der Waals surface area contributed by atoms with Crippen molar-refractivity contribution in [2.75, 3.05) is 52.6 Å². The molecule has 0 unspecified atom stereocenters. The minimum Gasteiger partial charge on any atom is -0.411 e. The molecule has 2 rings (SSSR count). The monoisotopic (exact) mass is 544 g/mol. The van der Waals surface area contributed by atoms with Crippen LogP contribution in [0.5, 0.6) is 0 Å². The first-order chi connectivity index (χ1) is 16.4. The van der Waals surface area contributed by atoms with Crippen molar-refractivity contribution in [1.82, 2.24) is 9.80 Å². The van der Waals surface area contributed by atoms with Gasteiger partial charge in [-0.3, -0.25) is 9.59 Å². The maximum atomic E-state index is 13.4. The average Bonchev–Trinajstić information content (AvgIpc) is 2.77. The number of amides is 2. The highest BCUT2D eigenvalue weighted by molar-refractivity contribution is 6.74. The Kier molecular flexibility index (Phi) is 10.8. The average molecular weight is 545 g/mol. The van der Waals surface area contributed by atoms with E-state index in [2.05, 4.69) is 67.7 Å². The van der Waals surface area contributed by atoms with E-state index in [1.165, 1.54) is 0 Å². The Bertz CT molecular complexity index is 674. The minimum absolute atomic E-state index is 0.0387. The molecule has 0 aromatic rings. The summed E-state index contributed by atoms with van der Waals surface area (Å²) in [5, 5.41) is -0.0774. The fourth-order valence-corrected chi connectivity index (χ4v) is 6.53. The zero-order valence-corrected chi connectivity index (χ0v) is 26.6. The molecule has 0 spiro atoms. The Morgan fingerprint density at radius 2 is 0.944 bits per heavy atom. The number of nitrogens with zero attached hydrogens (tertiary/aromatic N) is 2. The van der Waals surface area contributed by atoms with E-state index >= 15 is 0 Å². The quantitative estimate of drug-likeness (QED) is 0.404. The number of carbonyl (C=O) groups is 2. The van der Waals surface area contributed by atoms with Crippen LogP contribution in [0.1, 0.15) is 54.4 Å². The molecule has 2 aliphatic rings. The molecule has 10 heteroatoms. The largest absolute Gasteiger partial charge is 0.411 e. The van der Waals surface area contributed by atoms with Crippen molar-refractivity contribution in [3.63, 3.8) is 0 Å².